The lowest BCUT2D eigenvalue weighted by molar-refractivity contribution is 0.660. The van der Waals surface area contributed by atoms with Gasteiger partial charge in [-0.2, -0.15) is 0 Å². The van der Waals surface area contributed by atoms with Gasteiger partial charge in [-0.25, -0.2) is 0 Å². The summed E-state index contributed by atoms with van der Waals surface area (Å²) >= 11 is 0. The van der Waals surface area contributed by atoms with Crippen LogP contribution in [0, 0.1) is 0 Å². The molecule has 0 N–H and O–H groups in total. The first-order valence-corrected chi connectivity index (χ1v) is 19.5. The normalized spacial score (nSPS) is 14.5. The van der Waals surface area contributed by atoms with E-state index < -0.39 is 0 Å². The summed E-state index contributed by atoms with van der Waals surface area (Å²) in [6, 6.07) is 66.0. The Labute approximate surface area is 323 Å². The Morgan fingerprint density at radius 3 is 1.58 bits per heavy atom. The van der Waals surface area contributed by atoms with Gasteiger partial charge < -0.3 is 4.90 Å². The molecule has 1 heteroatoms. The van der Waals surface area contributed by atoms with E-state index in [0.29, 0.717) is 0 Å². The van der Waals surface area contributed by atoms with Gasteiger partial charge in [0.25, 0.3) is 0 Å². The van der Waals surface area contributed by atoms with Crippen LogP contribution in [0.3, 0.4) is 0 Å². The lowest BCUT2D eigenvalue weighted by atomic mass is 9.81. The van der Waals surface area contributed by atoms with Gasteiger partial charge in [0.15, 0.2) is 0 Å². The van der Waals surface area contributed by atoms with Crippen molar-refractivity contribution in [2.75, 3.05) is 4.90 Å². The predicted molar refractivity (Wildman–Crippen MR) is 234 cm³/mol. The van der Waals surface area contributed by atoms with E-state index in [1.54, 1.807) is 0 Å². The van der Waals surface area contributed by atoms with Crippen molar-refractivity contribution < 1.29 is 0 Å². The zero-order valence-corrected chi connectivity index (χ0v) is 31.7. The lowest BCUT2D eigenvalue weighted by Gasteiger charge is -2.30. The monoisotopic (exact) mass is 703 g/mol. The van der Waals surface area contributed by atoms with Crippen LogP contribution in [0.15, 0.2) is 176 Å². The largest absolute Gasteiger partial charge is 0.310 e. The highest BCUT2D eigenvalue weighted by Crippen LogP contribution is 2.52. The Morgan fingerprint density at radius 2 is 0.836 bits per heavy atom. The maximum absolute atomic E-state index is 2.50. The summed E-state index contributed by atoms with van der Waals surface area (Å²) in [4.78, 5) is 2.50. The first-order chi connectivity index (χ1) is 26.8. The van der Waals surface area contributed by atoms with Crippen molar-refractivity contribution in [2.24, 2.45) is 0 Å². The van der Waals surface area contributed by atoms with E-state index in [9.17, 15) is 0 Å². The molecule has 9 aromatic rings. The van der Waals surface area contributed by atoms with Crippen molar-refractivity contribution in [3.63, 3.8) is 0 Å². The first kappa shape index (κ1) is 32.0. The molecular formula is C54H41N. The molecule has 0 saturated carbocycles. The molecule has 9 aromatic carbocycles. The van der Waals surface area contributed by atoms with Crippen molar-refractivity contribution in [2.45, 2.75) is 38.5 Å². The molecule has 0 radical (unpaired) electrons. The topological polar surface area (TPSA) is 3.24 Å². The number of hydrogen-bond acceptors (Lipinski definition) is 1. The van der Waals surface area contributed by atoms with Gasteiger partial charge >= 0.3 is 0 Å². The fourth-order valence-corrected chi connectivity index (χ4v) is 9.91. The third-order valence-corrected chi connectivity index (χ3v) is 12.8. The minimum absolute atomic E-state index is 0.0408. The van der Waals surface area contributed by atoms with Crippen molar-refractivity contribution in [1.82, 2.24) is 0 Å². The number of fused-ring (bicyclic) bond motifs is 10. The summed E-state index contributed by atoms with van der Waals surface area (Å²) in [5.74, 6) is 0. The number of anilines is 3. The van der Waals surface area contributed by atoms with Crippen LogP contribution in [0.2, 0.25) is 0 Å². The van der Waals surface area contributed by atoms with Gasteiger partial charge in [0.05, 0.1) is 5.69 Å². The molecule has 0 saturated heterocycles. The summed E-state index contributed by atoms with van der Waals surface area (Å²) in [5.41, 5.74) is 16.8. The molecule has 0 aliphatic heterocycles. The van der Waals surface area contributed by atoms with Gasteiger partial charge in [-0.3, -0.25) is 0 Å². The van der Waals surface area contributed by atoms with E-state index in [1.165, 1.54) is 93.6 Å². The highest BCUT2D eigenvalue weighted by molar-refractivity contribution is 6.15. The van der Waals surface area contributed by atoms with Gasteiger partial charge in [-0.1, -0.05) is 161 Å². The minimum atomic E-state index is -0.108. The van der Waals surface area contributed by atoms with E-state index in [0.717, 1.165) is 11.4 Å². The Balaban J connectivity index is 1.10. The second kappa shape index (κ2) is 11.5. The lowest BCUT2D eigenvalue weighted by Crippen LogP contribution is -2.16. The standard InChI is InChI=1S/C54H41N/c1-53(2)48-19-11-9-16-43(48)45-27-24-36(31-50(45)53)35-22-21-34-23-25-39(30-38(34)29-35)55(52-32-37-13-5-6-14-41(37)42-15-7-8-18-47(42)52)40-26-28-46-44-17-10-12-20-49(44)54(3,4)51(46)33-40/h5-33H,1-4H3. The van der Waals surface area contributed by atoms with Crippen LogP contribution >= 0.6 is 0 Å². The van der Waals surface area contributed by atoms with E-state index in [-0.39, 0.29) is 10.8 Å². The fraction of sp³-hybridized carbons (Fsp3) is 0.111. The van der Waals surface area contributed by atoms with E-state index in [1.807, 2.05) is 0 Å². The highest BCUT2D eigenvalue weighted by atomic mass is 15.1. The van der Waals surface area contributed by atoms with Crippen LogP contribution in [0.1, 0.15) is 49.9 Å². The Morgan fingerprint density at radius 1 is 0.327 bits per heavy atom. The Hall–Kier alpha value is -6.44. The number of benzene rings is 9. The van der Waals surface area contributed by atoms with Crippen LogP contribution in [-0.2, 0) is 10.8 Å². The van der Waals surface area contributed by atoms with Crippen LogP contribution in [-0.4, -0.2) is 0 Å². The Kier molecular flexibility index (Phi) is 6.72. The van der Waals surface area contributed by atoms with Gasteiger partial charge in [-0.15, -0.1) is 0 Å². The number of hydrogen-bond donors (Lipinski definition) is 0. The van der Waals surface area contributed by atoms with E-state index >= 15 is 0 Å². The van der Waals surface area contributed by atoms with Gasteiger partial charge in [0, 0.05) is 27.6 Å². The molecule has 0 spiro atoms. The maximum atomic E-state index is 2.50. The molecule has 2 aliphatic rings. The summed E-state index contributed by atoms with van der Waals surface area (Å²) in [7, 11) is 0. The molecule has 0 bridgehead atoms. The smallest absolute Gasteiger partial charge is 0.0546 e. The zero-order chi connectivity index (χ0) is 37.1. The molecule has 11 rings (SSSR count). The van der Waals surface area contributed by atoms with Crippen molar-refractivity contribution in [3.8, 4) is 33.4 Å². The van der Waals surface area contributed by atoms with E-state index in [4.69, 9.17) is 0 Å². The van der Waals surface area contributed by atoms with Crippen LogP contribution in [0.25, 0.3) is 65.7 Å². The minimum Gasteiger partial charge on any atom is -0.310 e. The second-order valence-corrected chi connectivity index (χ2v) is 16.6. The molecule has 0 fully saturated rings. The summed E-state index contributed by atoms with van der Waals surface area (Å²) in [5, 5.41) is 7.47. The van der Waals surface area contributed by atoms with Crippen LogP contribution < -0.4 is 4.90 Å². The summed E-state index contributed by atoms with van der Waals surface area (Å²) < 4.78 is 0. The fourth-order valence-electron chi connectivity index (χ4n) is 9.91. The van der Waals surface area contributed by atoms with Gasteiger partial charge in [-0.05, 0) is 125 Å². The van der Waals surface area contributed by atoms with Gasteiger partial charge in [0.2, 0.25) is 0 Å². The van der Waals surface area contributed by atoms with Crippen LogP contribution in [0.4, 0.5) is 17.1 Å². The van der Waals surface area contributed by atoms with Crippen molar-refractivity contribution >= 4 is 49.4 Å². The molecule has 2 aliphatic carbocycles. The van der Waals surface area contributed by atoms with Crippen molar-refractivity contribution in [3.05, 3.63) is 198 Å². The first-order valence-electron chi connectivity index (χ1n) is 19.5. The maximum Gasteiger partial charge on any atom is 0.0546 e. The number of nitrogens with zero attached hydrogens (tertiary/aromatic N) is 1. The average Bonchev–Trinajstić information content (AvgIpc) is 3.59. The third kappa shape index (κ3) is 4.66. The molecule has 0 heterocycles. The zero-order valence-electron chi connectivity index (χ0n) is 31.7. The quantitative estimate of drug-likeness (QED) is 0.165. The second-order valence-electron chi connectivity index (χ2n) is 16.6. The molecule has 0 atom stereocenters. The van der Waals surface area contributed by atoms with E-state index in [2.05, 4.69) is 209 Å². The molecule has 1 nitrogen and oxygen atoms in total. The molecular weight excluding hydrogens is 663 g/mol. The summed E-state index contributed by atoms with van der Waals surface area (Å²) in [6.45, 7) is 9.46. The van der Waals surface area contributed by atoms with Crippen LogP contribution in [0.5, 0.6) is 0 Å². The molecule has 0 amide bonds. The van der Waals surface area contributed by atoms with Gasteiger partial charge in [0.1, 0.15) is 0 Å². The SMILES string of the molecule is CC1(C)c2ccccc2-c2ccc(-c3ccc4ccc(N(c5ccc6c(c5)C(C)(C)c5ccccc5-6)c5cc6ccccc6c6ccccc56)cc4c3)cc21. The molecule has 0 unspecified atom stereocenters. The van der Waals surface area contributed by atoms with Crippen molar-refractivity contribution in [1.29, 1.82) is 0 Å². The number of rotatable bonds is 4. The average molecular weight is 704 g/mol. The molecule has 0 aromatic heterocycles. The Bertz CT molecular complexity index is 3050. The highest BCUT2D eigenvalue weighted by Gasteiger charge is 2.37. The molecule has 55 heavy (non-hydrogen) atoms. The predicted octanol–water partition coefficient (Wildman–Crippen LogP) is 14.9. The summed E-state index contributed by atoms with van der Waals surface area (Å²) in [6.07, 6.45) is 0. The molecule has 262 valence electrons. The third-order valence-electron chi connectivity index (χ3n) is 12.8.